The van der Waals surface area contributed by atoms with Crippen molar-refractivity contribution in [3.63, 3.8) is 0 Å². The Morgan fingerprint density at radius 1 is 1.29 bits per heavy atom. The summed E-state index contributed by atoms with van der Waals surface area (Å²) in [6.07, 6.45) is 0.917. The predicted octanol–water partition coefficient (Wildman–Crippen LogP) is 1.89. The number of nitrogens with zero attached hydrogens (tertiary/aromatic N) is 3. The van der Waals surface area contributed by atoms with Crippen molar-refractivity contribution in [3.8, 4) is 0 Å². The lowest BCUT2D eigenvalue weighted by molar-refractivity contribution is 0.102. The molecule has 0 aliphatic heterocycles. The van der Waals surface area contributed by atoms with Gasteiger partial charge in [0.15, 0.2) is 0 Å². The minimum Gasteiger partial charge on any atom is -0.374 e. The van der Waals surface area contributed by atoms with Gasteiger partial charge in [-0.15, -0.1) is 10.2 Å². The third kappa shape index (κ3) is 4.28. The first-order valence-corrected chi connectivity index (χ1v) is 9.60. The fraction of sp³-hybridized carbons (Fsp3) is 0.357. The van der Waals surface area contributed by atoms with Crippen LogP contribution in [0.5, 0.6) is 0 Å². The summed E-state index contributed by atoms with van der Waals surface area (Å²) in [6, 6.07) is 6.22. The minimum absolute atomic E-state index is 0.195. The molecular weight excluding hydrogens is 352 g/mol. The second-order valence-electron chi connectivity index (χ2n) is 5.05. The van der Waals surface area contributed by atoms with Crippen LogP contribution < -0.4 is 9.62 Å². The third-order valence-corrected chi connectivity index (χ3v) is 5.56. The maximum Gasteiger partial charge on any atom is 0.257 e. The van der Waals surface area contributed by atoms with Crippen molar-refractivity contribution in [2.75, 3.05) is 30.0 Å². The number of hydrogen-bond donors (Lipinski definition) is 1. The lowest BCUT2D eigenvalue weighted by atomic mass is 10.2. The van der Waals surface area contributed by atoms with Gasteiger partial charge in [-0.25, -0.2) is 8.42 Å². The van der Waals surface area contributed by atoms with Gasteiger partial charge in [0.1, 0.15) is 11.1 Å². The highest BCUT2D eigenvalue weighted by atomic mass is 32.2. The number of hydrogen-bond acceptors (Lipinski definition) is 7. The molecule has 130 valence electrons. The van der Waals surface area contributed by atoms with E-state index in [9.17, 15) is 13.2 Å². The number of anilines is 2. The van der Waals surface area contributed by atoms with Gasteiger partial charge in [0.25, 0.3) is 5.91 Å². The number of methoxy groups -OCH3 is 1. The SMILES string of the molecule is COC(C)c1nnc(NC(=O)c2ccc(N(C)S(C)(=O)=O)cc2)s1. The molecule has 2 aromatic rings. The summed E-state index contributed by atoms with van der Waals surface area (Å²) in [5.74, 6) is -0.351. The number of benzene rings is 1. The first kappa shape index (κ1) is 18.3. The van der Waals surface area contributed by atoms with Crippen molar-refractivity contribution >= 4 is 38.1 Å². The topological polar surface area (TPSA) is 101 Å². The Morgan fingerprint density at radius 3 is 2.46 bits per heavy atom. The van der Waals surface area contributed by atoms with Crippen molar-refractivity contribution in [3.05, 3.63) is 34.8 Å². The van der Waals surface area contributed by atoms with E-state index in [-0.39, 0.29) is 12.0 Å². The lowest BCUT2D eigenvalue weighted by Crippen LogP contribution is -2.24. The molecular formula is C14H18N4O4S2. The summed E-state index contributed by atoms with van der Waals surface area (Å²) >= 11 is 1.23. The summed E-state index contributed by atoms with van der Waals surface area (Å²) in [4.78, 5) is 12.2. The molecule has 2 rings (SSSR count). The number of aromatic nitrogens is 2. The molecule has 0 fully saturated rings. The number of ether oxygens (including phenoxy) is 1. The summed E-state index contributed by atoms with van der Waals surface area (Å²) in [6.45, 7) is 1.84. The molecule has 0 bridgehead atoms. The highest BCUT2D eigenvalue weighted by molar-refractivity contribution is 7.92. The average molecular weight is 370 g/mol. The van der Waals surface area contributed by atoms with Crippen molar-refractivity contribution in [1.29, 1.82) is 0 Å². The summed E-state index contributed by atoms with van der Waals surface area (Å²) in [5.41, 5.74) is 0.860. The van der Waals surface area contributed by atoms with Gasteiger partial charge >= 0.3 is 0 Å². The van der Waals surface area contributed by atoms with Crippen LogP contribution in [0.15, 0.2) is 24.3 Å². The number of carbonyl (C=O) groups excluding carboxylic acids is 1. The zero-order chi connectivity index (χ0) is 17.9. The van der Waals surface area contributed by atoms with Gasteiger partial charge in [0.05, 0.1) is 11.9 Å². The molecule has 0 saturated heterocycles. The van der Waals surface area contributed by atoms with E-state index >= 15 is 0 Å². The summed E-state index contributed by atoms with van der Waals surface area (Å²) in [5, 5.41) is 11.5. The Balaban J connectivity index is 2.09. The number of amides is 1. The van der Waals surface area contributed by atoms with Crippen molar-refractivity contribution < 1.29 is 17.9 Å². The molecule has 24 heavy (non-hydrogen) atoms. The quantitative estimate of drug-likeness (QED) is 0.833. The molecule has 1 atom stereocenters. The molecule has 10 heteroatoms. The van der Waals surface area contributed by atoms with E-state index in [2.05, 4.69) is 15.5 Å². The zero-order valence-electron chi connectivity index (χ0n) is 13.7. The molecule has 1 N–H and O–H groups in total. The summed E-state index contributed by atoms with van der Waals surface area (Å²) in [7, 11) is -0.324. The summed E-state index contributed by atoms with van der Waals surface area (Å²) < 4.78 is 29.3. The minimum atomic E-state index is -3.34. The standard InChI is InChI=1S/C14H18N4O4S2/c1-9(22-3)13-16-17-14(23-13)15-12(19)10-5-7-11(8-6-10)18(2)24(4,20)21/h5-9H,1-4H3,(H,15,17,19). The Morgan fingerprint density at radius 2 is 1.92 bits per heavy atom. The fourth-order valence-electron chi connectivity index (χ4n) is 1.73. The first-order chi connectivity index (χ1) is 11.2. The average Bonchev–Trinajstić information content (AvgIpc) is 3.01. The van der Waals surface area contributed by atoms with Gasteiger partial charge in [0, 0.05) is 19.7 Å². The molecule has 1 aromatic heterocycles. The maximum atomic E-state index is 12.2. The van der Waals surface area contributed by atoms with Crippen LogP contribution in [0.2, 0.25) is 0 Å². The van der Waals surface area contributed by atoms with E-state index in [0.717, 1.165) is 10.6 Å². The number of rotatable bonds is 6. The van der Waals surface area contributed by atoms with Gasteiger partial charge in [0.2, 0.25) is 15.2 Å². The molecule has 1 heterocycles. The van der Waals surface area contributed by atoms with Crippen LogP contribution in [0, 0.1) is 0 Å². The van der Waals surface area contributed by atoms with E-state index in [1.54, 1.807) is 31.4 Å². The van der Waals surface area contributed by atoms with Gasteiger partial charge in [-0.1, -0.05) is 11.3 Å². The van der Waals surface area contributed by atoms with Crippen LogP contribution >= 0.6 is 11.3 Å². The first-order valence-electron chi connectivity index (χ1n) is 6.94. The van der Waals surface area contributed by atoms with Crippen LogP contribution in [0.25, 0.3) is 0 Å². The Labute approximate surface area is 144 Å². The van der Waals surface area contributed by atoms with Crippen LogP contribution in [0.3, 0.4) is 0 Å². The normalized spacial score (nSPS) is 12.7. The number of sulfonamides is 1. The van der Waals surface area contributed by atoms with Crippen molar-refractivity contribution in [2.24, 2.45) is 0 Å². The van der Waals surface area contributed by atoms with Gasteiger partial charge < -0.3 is 4.74 Å². The Kier molecular flexibility index (Phi) is 5.52. The molecule has 0 aliphatic rings. The van der Waals surface area contributed by atoms with E-state index in [1.165, 1.54) is 18.4 Å². The molecule has 0 radical (unpaired) electrons. The van der Waals surface area contributed by atoms with E-state index in [4.69, 9.17) is 4.74 Å². The monoisotopic (exact) mass is 370 g/mol. The largest absolute Gasteiger partial charge is 0.374 e. The maximum absolute atomic E-state index is 12.2. The van der Waals surface area contributed by atoms with E-state index in [1.807, 2.05) is 6.92 Å². The van der Waals surface area contributed by atoms with Crippen molar-refractivity contribution in [2.45, 2.75) is 13.0 Å². The fourth-order valence-corrected chi connectivity index (χ4v) is 3.01. The highest BCUT2D eigenvalue weighted by Crippen LogP contribution is 2.24. The van der Waals surface area contributed by atoms with Crippen LogP contribution in [0.1, 0.15) is 28.4 Å². The number of carbonyl (C=O) groups is 1. The highest BCUT2D eigenvalue weighted by Gasteiger charge is 2.15. The second-order valence-corrected chi connectivity index (χ2v) is 8.08. The molecule has 8 nitrogen and oxygen atoms in total. The van der Waals surface area contributed by atoms with E-state index in [0.29, 0.717) is 21.4 Å². The van der Waals surface area contributed by atoms with Crippen LogP contribution in [-0.2, 0) is 14.8 Å². The third-order valence-electron chi connectivity index (χ3n) is 3.35. The van der Waals surface area contributed by atoms with Crippen LogP contribution in [0.4, 0.5) is 10.8 Å². The molecule has 0 saturated carbocycles. The molecule has 1 aromatic carbocycles. The lowest BCUT2D eigenvalue weighted by Gasteiger charge is -2.16. The van der Waals surface area contributed by atoms with Gasteiger partial charge in [-0.3, -0.25) is 14.4 Å². The molecule has 0 aliphatic carbocycles. The Hall–Kier alpha value is -2.04. The van der Waals surface area contributed by atoms with Crippen LogP contribution in [-0.4, -0.2) is 44.9 Å². The second kappa shape index (κ2) is 7.24. The zero-order valence-corrected chi connectivity index (χ0v) is 15.3. The van der Waals surface area contributed by atoms with E-state index < -0.39 is 10.0 Å². The smallest absolute Gasteiger partial charge is 0.257 e. The number of nitrogens with one attached hydrogen (secondary N) is 1. The van der Waals surface area contributed by atoms with Gasteiger partial charge in [-0.05, 0) is 31.2 Å². The molecule has 1 amide bonds. The molecule has 0 spiro atoms. The Bertz CT molecular complexity index is 818. The molecule has 1 unspecified atom stereocenters. The predicted molar refractivity (Wildman–Crippen MR) is 93.0 cm³/mol. The van der Waals surface area contributed by atoms with Crippen molar-refractivity contribution in [1.82, 2.24) is 10.2 Å². The van der Waals surface area contributed by atoms with Gasteiger partial charge in [-0.2, -0.15) is 0 Å².